The van der Waals surface area contributed by atoms with Gasteiger partial charge in [-0.25, -0.2) is 13.2 Å². The molecule has 0 aliphatic heterocycles. The van der Waals surface area contributed by atoms with Crippen molar-refractivity contribution in [1.29, 1.82) is 0 Å². The quantitative estimate of drug-likeness (QED) is 0.740. The minimum absolute atomic E-state index is 0.294. The van der Waals surface area contributed by atoms with Crippen molar-refractivity contribution in [1.82, 2.24) is 4.98 Å². The van der Waals surface area contributed by atoms with Crippen molar-refractivity contribution in [3.63, 3.8) is 0 Å². The van der Waals surface area contributed by atoms with Crippen LogP contribution in [-0.2, 0) is 14.6 Å². The van der Waals surface area contributed by atoms with Gasteiger partial charge in [-0.15, -0.1) is 0 Å². The zero-order valence-electron chi connectivity index (χ0n) is 9.30. The molecule has 16 heavy (non-hydrogen) atoms. The number of esters is 1. The number of rotatable bonds is 3. The molecular formula is C10H13NO4S. The maximum absolute atomic E-state index is 11.3. The Morgan fingerprint density at radius 2 is 2.12 bits per heavy atom. The molecule has 1 aromatic heterocycles. The highest BCUT2D eigenvalue weighted by atomic mass is 32.2. The fraction of sp³-hybridized carbons (Fsp3) is 0.400. The first-order valence-corrected chi connectivity index (χ1v) is 6.55. The van der Waals surface area contributed by atoms with Crippen LogP contribution in [-0.4, -0.2) is 32.7 Å². The number of nitrogens with zero attached hydrogens (tertiary/aromatic N) is 1. The maximum Gasteiger partial charge on any atom is 0.337 e. The van der Waals surface area contributed by atoms with Crippen LogP contribution in [0.15, 0.2) is 18.3 Å². The molecule has 0 saturated heterocycles. The average molecular weight is 243 g/mol. The molecule has 88 valence electrons. The minimum atomic E-state index is -3.22. The number of sulfone groups is 1. The monoisotopic (exact) mass is 243 g/mol. The van der Waals surface area contributed by atoms with Crippen molar-refractivity contribution in [3.8, 4) is 0 Å². The summed E-state index contributed by atoms with van der Waals surface area (Å²) < 4.78 is 27.2. The van der Waals surface area contributed by atoms with Crippen LogP contribution in [0, 0.1) is 0 Å². The Bertz CT molecular complexity index is 495. The van der Waals surface area contributed by atoms with E-state index in [2.05, 4.69) is 9.72 Å². The number of pyridine rings is 1. The lowest BCUT2D eigenvalue weighted by molar-refractivity contribution is 0.0600. The zero-order chi connectivity index (χ0) is 12.3. The molecule has 0 bridgehead atoms. The summed E-state index contributed by atoms with van der Waals surface area (Å²) in [6, 6.07) is 2.90. The molecule has 0 N–H and O–H groups in total. The Morgan fingerprint density at radius 1 is 1.50 bits per heavy atom. The predicted octanol–water partition coefficient (Wildman–Crippen LogP) is 0.974. The first-order chi connectivity index (χ1) is 7.36. The molecular weight excluding hydrogens is 230 g/mol. The van der Waals surface area contributed by atoms with Crippen LogP contribution in [0.1, 0.15) is 28.2 Å². The van der Waals surface area contributed by atoms with Crippen LogP contribution in [0.25, 0.3) is 0 Å². The Labute approximate surface area is 94.4 Å². The van der Waals surface area contributed by atoms with Crippen molar-refractivity contribution in [2.24, 2.45) is 0 Å². The summed E-state index contributed by atoms with van der Waals surface area (Å²) >= 11 is 0. The minimum Gasteiger partial charge on any atom is -0.465 e. The second-order valence-electron chi connectivity index (χ2n) is 3.43. The summed E-state index contributed by atoms with van der Waals surface area (Å²) in [4.78, 5) is 15.2. The maximum atomic E-state index is 11.3. The van der Waals surface area contributed by atoms with Gasteiger partial charge in [-0.3, -0.25) is 4.98 Å². The van der Waals surface area contributed by atoms with E-state index in [0.29, 0.717) is 11.3 Å². The third-order valence-electron chi connectivity index (χ3n) is 2.26. The molecule has 0 aliphatic rings. The third-order valence-corrected chi connectivity index (χ3v) is 3.79. The normalized spacial score (nSPS) is 13.2. The number of hydrogen-bond acceptors (Lipinski definition) is 5. The van der Waals surface area contributed by atoms with E-state index in [-0.39, 0.29) is 0 Å². The highest BCUT2D eigenvalue weighted by molar-refractivity contribution is 7.90. The molecule has 1 atom stereocenters. The van der Waals surface area contributed by atoms with Crippen LogP contribution in [0.2, 0.25) is 0 Å². The fourth-order valence-corrected chi connectivity index (χ4v) is 1.70. The predicted molar refractivity (Wildman–Crippen MR) is 58.8 cm³/mol. The van der Waals surface area contributed by atoms with Crippen LogP contribution in [0.4, 0.5) is 0 Å². The summed E-state index contributed by atoms with van der Waals surface area (Å²) in [6.07, 6.45) is 2.52. The average Bonchev–Trinajstić information content (AvgIpc) is 2.26. The van der Waals surface area contributed by atoms with Crippen molar-refractivity contribution >= 4 is 15.8 Å². The van der Waals surface area contributed by atoms with E-state index < -0.39 is 21.1 Å². The molecule has 0 saturated carbocycles. The Balaban J connectivity index is 3.13. The third kappa shape index (κ3) is 2.79. The van der Waals surface area contributed by atoms with Gasteiger partial charge in [0.15, 0.2) is 9.84 Å². The lowest BCUT2D eigenvalue weighted by Crippen LogP contribution is -2.11. The van der Waals surface area contributed by atoms with Gasteiger partial charge in [0.25, 0.3) is 0 Å². The van der Waals surface area contributed by atoms with Crippen LogP contribution < -0.4 is 0 Å². The first-order valence-electron chi connectivity index (χ1n) is 4.59. The van der Waals surface area contributed by atoms with Crippen molar-refractivity contribution in [2.45, 2.75) is 12.2 Å². The van der Waals surface area contributed by atoms with E-state index in [4.69, 9.17) is 0 Å². The van der Waals surface area contributed by atoms with Gasteiger partial charge in [-0.05, 0) is 19.1 Å². The molecule has 0 aliphatic carbocycles. The molecule has 0 spiro atoms. The molecule has 0 fully saturated rings. The van der Waals surface area contributed by atoms with Gasteiger partial charge in [0.05, 0.1) is 18.4 Å². The molecule has 1 unspecified atom stereocenters. The Kier molecular flexibility index (Phi) is 3.64. The molecule has 0 aromatic carbocycles. The molecule has 5 nitrogen and oxygen atoms in total. The number of hydrogen-bond donors (Lipinski definition) is 0. The number of ether oxygens (including phenoxy) is 1. The molecule has 1 heterocycles. The van der Waals surface area contributed by atoms with E-state index in [9.17, 15) is 13.2 Å². The fourth-order valence-electron chi connectivity index (χ4n) is 1.13. The van der Waals surface area contributed by atoms with Crippen molar-refractivity contribution < 1.29 is 17.9 Å². The van der Waals surface area contributed by atoms with E-state index in [1.807, 2.05) is 0 Å². The number of aromatic nitrogens is 1. The Hall–Kier alpha value is -1.43. The zero-order valence-corrected chi connectivity index (χ0v) is 10.1. The van der Waals surface area contributed by atoms with Gasteiger partial charge in [0, 0.05) is 12.5 Å². The van der Waals surface area contributed by atoms with Gasteiger partial charge in [0.1, 0.15) is 5.25 Å². The summed E-state index contributed by atoms with van der Waals surface area (Å²) in [5.41, 5.74) is 0.633. The highest BCUT2D eigenvalue weighted by Gasteiger charge is 2.19. The largest absolute Gasteiger partial charge is 0.465 e. The van der Waals surface area contributed by atoms with Gasteiger partial charge < -0.3 is 4.74 Å². The van der Waals surface area contributed by atoms with Crippen LogP contribution in [0.3, 0.4) is 0 Å². The van der Waals surface area contributed by atoms with Gasteiger partial charge >= 0.3 is 5.97 Å². The molecule has 1 rings (SSSR count). The molecule has 1 aromatic rings. The van der Waals surface area contributed by atoms with Crippen LogP contribution in [0.5, 0.6) is 0 Å². The van der Waals surface area contributed by atoms with Gasteiger partial charge in [-0.2, -0.15) is 0 Å². The summed E-state index contributed by atoms with van der Waals surface area (Å²) in [5, 5.41) is -0.739. The van der Waals surface area contributed by atoms with Gasteiger partial charge in [0.2, 0.25) is 0 Å². The van der Waals surface area contributed by atoms with Crippen molar-refractivity contribution in [2.75, 3.05) is 13.4 Å². The second-order valence-corrected chi connectivity index (χ2v) is 5.80. The Morgan fingerprint density at radius 3 is 2.62 bits per heavy atom. The van der Waals surface area contributed by atoms with Crippen LogP contribution >= 0.6 is 0 Å². The van der Waals surface area contributed by atoms with E-state index >= 15 is 0 Å². The SMILES string of the molecule is COC(=O)c1ccnc(C(C)S(C)(=O)=O)c1. The molecule has 0 amide bonds. The topological polar surface area (TPSA) is 73.3 Å². The number of methoxy groups -OCH3 is 1. The summed E-state index contributed by atoms with van der Waals surface area (Å²) in [6.45, 7) is 1.53. The lowest BCUT2D eigenvalue weighted by atomic mass is 10.2. The number of carbonyl (C=O) groups is 1. The summed E-state index contributed by atoms with van der Waals surface area (Å²) in [5.74, 6) is -0.510. The molecule has 6 heteroatoms. The lowest BCUT2D eigenvalue weighted by Gasteiger charge is -2.09. The van der Waals surface area contributed by atoms with E-state index in [0.717, 1.165) is 6.26 Å². The first kappa shape index (κ1) is 12.6. The van der Waals surface area contributed by atoms with E-state index in [1.54, 1.807) is 0 Å². The highest BCUT2D eigenvalue weighted by Crippen LogP contribution is 2.19. The standard InChI is InChI=1S/C10H13NO4S/c1-7(16(3,13)14)9-6-8(4-5-11-9)10(12)15-2/h4-7H,1-3H3. The molecule has 0 radical (unpaired) electrons. The second kappa shape index (κ2) is 4.61. The van der Waals surface area contributed by atoms with Gasteiger partial charge in [-0.1, -0.05) is 0 Å². The summed E-state index contributed by atoms with van der Waals surface area (Å²) in [7, 11) is -1.95. The van der Waals surface area contributed by atoms with E-state index in [1.165, 1.54) is 32.4 Å². The van der Waals surface area contributed by atoms with Crippen molar-refractivity contribution in [3.05, 3.63) is 29.6 Å². The number of carbonyl (C=O) groups excluding carboxylic acids is 1. The smallest absolute Gasteiger partial charge is 0.337 e.